The number of hydrogen-bond acceptors (Lipinski definition) is 2. The molecule has 2 rings (SSSR count). The fourth-order valence-electron chi connectivity index (χ4n) is 2.34. The normalized spacial score (nSPS) is 12.8. The number of aryl methyl sites for hydroxylation is 2. The van der Waals surface area contributed by atoms with Crippen LogP contribution in [0.4, 0.5) is 0 Å². The van der Waals surface area contributed by atoms with Crippen LogP contribution in [0.3, 0.4) is 0 Å². The van der Waals surface area contributed by atoms with Gasteiger partial charge in [0.05, 0.1) is 6.61 Å². The summed E-state index contributed by atoms with van der Waals surface area (Å²) in [6.45, 7) is 4.78. The Labute approximate surface area is 114 Å². The number of unbranched alkanes of at least 4 members (excludes halogenated alkanes) is 1. The first-order valence-corrected chi connectivity index (χ1v) is 6.94. The number of hydrogen-bond donors (Lipinski definition) is 1. The molecule has 19 heavy (non-hydrogen) atoms. The molecule has 0 atom stereocenters. The van der Waals surface area contributed by atoms with Gasteiger partial charge in [-0.3, -0.25) is 4.79 Å². The lowest BCUT2D eigenvalue weighted by Gasteiger charge is -2.08. The van der Waals surface area contributed by atoms with Crippen LogP contribution in [-0.2, 0) is 17.6 Å². The fraction of sp³-hybridized carbons (Fsp3) is 0.438. The van der Waals surface area contributed by atoms with Crippen molar-refractivity contribution in [2.24, 2.45) is 0 Å². The highest BCUT2D eigenvalue weighted by atomic mass is 16.5. The maximum Gasteiger partial charge on any atom is 0.243 e. The molecule has 1 amide bonds. The van der Waals surface area contributed by atoms with E-state index >= 15 is 0 Å². The molecular formula is C16H21NO2. The molecule has 0 unspecified atom stereocenters. The van der Waals surface area contributed by atoms with Crippen LogP contribution in [0.2, 0.25) is 0 Å². The number of carbonyl (C=O) groups excluding carboxylic acids is 1. The monoisotopic (exact) mass is 259 g/mol. The molecule has 0 fully saturated rings. The Morgan fingerprint density at radius 1 is 1.32 bits per heavy atom. The molecule has 1 aliphatic carbocycles. The van der Waals surface area contributed by atoms with E-state index < -0.39 is 0 Å². The van der Waals surface area contributed by atoms with Gasteiger partial charge in [-0.05, 0) is 61.4 Å². The minimum Gasteiger partial charge on any atom is -0.494 e. The van der Waals surface area contributed by atoms with Gasteiger partial charge in [0.2, 0.25) is 5.91 Å². The lowest BCUT2D eigenvalue weighted by Crippen LogP contribution is -2.22. The van der Waals surface area contributed by atoms with Gasteiger partial charge in [0, 0.05) is 6.54 Å². The first kappa shape index (κ1) is 13.7. The van der Waals surface area contributed by atoms with Gasteiger partial charge in [0.15, 0.2) is 0 Å². The van der Waals surface area contributed by atoms with Gasteiger partial charge in [-0.2, -0.15) is 0 Å². The molecule has 0 saturated carbocycles. The lowest BCUT2D eigenvalue weighted by atomic mass is 10.1. The van der Waals surface area contributed by atoms with Crippen LogP contribution in [-0.4, -0.2) is 19.1 Å². The van der Waals surface area contributed by atoms with E-state index in [0.717, 1.165) is 18.6 Å². The maximum atomic E-state index is 10.9. The predicted molar refractivity (Wildman–Crippen MR) is 76.4 cm³/mol. The highest BCUT2D eigenvalue weighted by Crippen LogP contribution is 2.26. The average Bonchev–Trinajstić information content (AvgIpc) is 2.89. The first-order valence-electron chi connectivity index (χ1n) is 6.94. The molecule has 0 aliphatic heterocycles. The van der Waals surface area contributed by atoms with Gasteiger partial charge >= 0.3 is 0 Å². The van der Waals surface area contributed by atoms with Crippen LogP contribution in [0.5, 0.6) is 5.75 Å². The van der Waals surface area contributed by atoms with Crippen molar-refractivity contribution in [3.8, 4) is 5.75 Å². The molecule has 3 nitrogen and oxygen atoms in total. The summed E-state index contributed by atoms with van der Waals surface area (Å²) < 4.78 is 5.73. The van der Waals surface area contributed by atoms with Crippen molar-refractivity contribution < 1.29 is 9.53 Å². The molecular weight excluding hydrogens is 238 g/mol. The molecule has 1 aromatic carbocycles. The van der Waals surface area contributed by atoms with E-state index in [2.05, 4.69) is 30.1 Å². The van der Waals surface area contributed by atoms with Crippen LogP contribution < -0.4 is 10.1 Å². The molecule has 0 saturated heterocycles. The number of ether oxygens (including phenoxy) is 1. The van der Waals surface area contributed by atoms with Crippen LogP contribution in [0.1, 0.15) is 30.4 Å². The van der Waals surface area contributed by atoms with Crippen LogP contribution in [0, 0.1) is 0 Å². The van der Waals surface area contributed by atoms with Crippen LogP contribution in [0.25, 0.3) is 0 Å². The van der Waals surface area contributed by atoms with Gasteiger partial charge in [0.25, 0.3) is 0 Å². The number of nitrogens with one attached hydrogen (secondary N) is 1. The third-order valence-electron chi connectivity index (χ3n) is 3.39. The average molecular weight is 259 g/mol. The minimum absolute atomic E-state index is 0.112. The van der Waals surface area contributed by atoms with Crippen molar-refractivity contribution in [2.75, 3.05) is 13.2 Å². The summed E-state index contributed by atoms with van der Waals surface area (Å²) in [4.78, 5) is 10.9. The Kier molecular flexibility index (Phi) is 5.01. The van der Waals surface area contributed by atoms with E-state index in [4.69, 9.17) is 4.74 Å². The van der Waals surface area contributed by atoms with Gasteiger partial charge < -0.3 is 10.1 Å². The van der Waals surface area contributed by atoms with Crippen molar-refractivity contribution in [2.45, 2.75) is 32.1 Å². The number of fused-ring (bicyclic) bond motifs is 1. The van der Waals surface area contributed by atoms with Crippen molar-refractivity contribution in [1.29, 1.82) is 0 Å². The SMILES string of the molecule is C=CC(=O)NCCCCOc1ccc2c(c1)CCC2. The number of amides is 1. The van der Waals surface area contributed by atoms with E-state index in [-0.39, 0.29) is 5.91 Å². The second-order valence-electron chi connectivity index (χ2n) is 4.83. The summed E-state index contributed by atoms with van der Waals surface area (Å²) in [5.41, 5.74) is 2.91. The summed E-state index contributed by atoms with van der Waals surface area (Å²) in [7, 11) is 0. The zero-order chi connectivity index (χ0) is 13.5. The molecule has 1 aliphatic rings. The summed E-state index contributed by atoms with van der Waals surface area (Å²) >= 11 is 0. The van der Waals surface area contributed by atoms with Gasteiger partial charge in [-0.25, -0.2) is 0 Å². The zero-order valence-electron chi connectivity index (χ0n) is 11.3. The van der Waals surface area contributed by atoms with Gasteiger partial charge in [0.1, 0.15) is 5.75 Å². The van der Waals surface area contributed by atoms with E-state index in [0.29, 0.717) is 13.2 Å². The Hall–Kier alpha value is -1.77. The predicted octanol–water partition coefficient (Wildman–Crippen LogP) is 2.64. The van der Waals surface area contributed by atoms with Crippen molar-refractivity contribution >= 4 is 5.91 Å². The lowest BCUT2D eigenvalue weighted by molar-refractivity contribution is -0.116. The summed E-state index contributed by atoms with van der Waals surface area (Å²) in [6.07, 6.45) is 6.81. The largest absolute Gasteiger partial charge is 0.494 e. The summed E-state index contributed by atoms with van der Waals surface area (Å²) in [5.74, 6) is 0.857. The third kappa shape index (κ3) is 4.12. The highest BCUT2D eigenvalue weighted by molar-refractivity contribution is 5.86. The summed E-state index contributed by atoms with van der Waals surface area (Å²) in [6, 6.07) is 6.41. The van der Waals surface area contributed by atoms with Crippen molar-refractivity contribution in [3.05, 3.63) is 42.0 Å². The highest BCUT2D eigenvalue weighted by Gasteiger charge is 2.10. The van der Waals surface area contributed by atoms with Crippen molar-refractivity contribution in [1.82, 2.24) is 5.32 Å². The number of carbonyl (C=O) groups is 1. The second kappa shape index (κ2) is 6.98. The van der Waals surface area contributed by atoms with Crippen molar-refractivity contribution in [3.63, 3.8) is 0 Å². The fourth-order valence-corrected chi connectivity index (χ4v) is 2.34. The summed E-state index contributed by atoms with van der Waals surface area (Å²) in [5, 5.41) is 2.75. The smallest absolute Gasteiger partial charge is 0.243 e. The third-order valence-corrected chi connectivity index (χ3v) is 3.39. The molecule has 102 valence electrons. The second-order valence-corrected chi connectivity index (χ2v) is 4.83. The molecule has 0 aromatic heterocycles. The standard InChI is InChI=1S/C16H21NO2/c1-2-16(18)17-10-3-4-11-19-15-9-8-13-6-5-7-14(13)12-15/h2,8-9,12H,1,3-7,10-11H2,(H,17,18). The number of benzene rings is 1. The van der Waals surface area contributed by atoms with Crippen LogP contribution in [0.15, 0.2) is 30.9 Å². The van der Waals surface area contributed by atoms with E-state index in [9.17, 15) is 4.79 Å². The topological polar surface area (TPSA) is 38.3 Å². The molecule has 3 heteroatoms. The van der Waals surface area contributed by atoms with Gasteiger partial charge in [-0.15, -0.1) is 0 Å². The Morgan fingerprint density at radius 2 is 2.16 bits per heavy atom. The van der Waals surface area contributed by atoms with E-state index in [1.807, 2.05) is 0 Å². The molecule has 0 spiro atoms. The number of rotatable bonds is 7. The molecule has 0 bridgehead atoms. The Bertz CT molecular complexity index is 454. The Balaban J connectivity index is 1.63. The van der Waals surface area contributed by atoms with Crippen LogP contribution >= 0.6 is 0 Å². The molecule has 1 aromatic rings. The quantitative estimate of drug-likeness (QED) is 0.604. The first-order chi connectivity index (χ1) is 9.29. The maximum absolute atomic E-state index is 10.9. The zero-order valence-corrected chi connectivity index (χ0v) is 11.3. The molecule has 0 heterocycles. The Morgan fingerprint density at radius 3 is 3.00 bits per heavy atom. The molecule has 0 radical (unpaired) electrons. The van der Waals surface area contributed by atoms with E-state index in [1.165, 1.54) is 36.5 Å². The van der Waals surface area contributed by atoms with E-state index in [1.54, 1.807) is 0 Å². The van der Waals surface area contributed by atoms with Gasteiger partial charge in [-0.1, -0.05) is 12.6 Å². The minimum atomic E-state index is -0.112. The molecule has 1 N–H and O–H groups in total.